The second-order valence-electron chi connectivity index (χ2n) is 6.87. The highest BCUT2D eigenvalue weighted by Gasteiger charge is 2.30. The lowest BCUT2D eigenvalue weighted by Gasteiger charge is -2.22. The van der Waals surface area contributed by atoms with Gasteiger partial charge in [-0.3, -0.25) is 4.94 Å². The van der Waals surface area contributed by atoms with E-state index in [0.29, 0.717) is 5.69 Å². The second-order valence-corrected chi connectivity index (χ2v) is 6.87. The summed E-state index contributed by atoms with van der Waals surface area (Å²) in [6, 6.07) is 8.77. The van der Waals surface area contributed by atoms with Crippen LogP contribution in [0.1, 0.15) is 43.2 Å². The molecule has 0 atom stereocenters. The third-order valence-corrected chi connectivity index (χ3v) is 4.50. The average Bonchev–Trinajstić information content (AvgIpc) is 2.73. The number of alkyl halides is 3. The zero-order valence-electron chi connectivity index (χ0n) is 16.3. The Hall–Kier alpha value is -3.35. The zero-order chi connectivity index (χ0) is 22.9. The van der Waals surface area contributed by atoms with Gasteiger partial charge in [0, 0.05) is 16.3 Å². The van der Waals surface area contributed by atoms with Crippen molar-refractivity contribution < 1.29 is 31.8 Å². The number of urea groups is 1. The van der Waals surface area contributed by atoms with Gasteiger partial charge >= 0.3 is 12.2 Å². The smallest absolute Gasteiger partial charge is 0.335 e. The number of amides is 2. The highest BCUT2D eigenvalue weighted by molar-refractivity contribution is 5.89. The normalized spacial score (nSPS) is 13.9. The van der Waals surface area contributed by atoms with E-state index in [2.05, 4.69) is 15.6 Å². The lowest BCUT2D eigenvalue weighted by Crippen LogP contribution is -2.39. The molecule has 0 heterocycles. The van der Waals surface area contributed by atoms with Crippen molar-refractivity contribution in [3.8, 4) is 11.8 Å². The molecule has 2 N–H and O–H groups in total. The Balaban J connectivity index is 0.000000245. The molecule has 0 saturated heterocycles. The molecule has 0 spiro atoms. The number of halogens is 5. The maximum absolute atomic E-state index is 13.2. The van der Waals surface area contributed by atoms with Crippen LogP contribution in [0.15, 0.2) is 42.5 Å². The van der Waals surface area contributed by atoms with Crippen LogP contribution in [0.25, 0.3) is 0 Å². The Bertz CT molecular complexity index is 905. The summed E-state index contributed by atoms with van der Waals surface area (Å²) in [6.45, 7) is 0. The summed E-state index contributed by atoms with van der Waals surface area (Å²) in [5.74, 6) is -0.782. The van der Waals surface area contributed by atoms with Crippen LogP contribution in [0, 0.1) is 17.1 Å². The number of carbonyl (C=O) groups is 1. The Morgan fingerprint density at radius 3 is 2.26 bits per heavy atom. The molecule has 0 aromatic heterocycles. The summed E-state index contributed by atoms with van der Waals surface area (Å²) in [5, 5.41) is 14.2. The molecule has 0 bridgehead atoms. The molecule has 0 radical (unpaired) electrons. The Labute approximate surface area is 175 Å². The van der Waals surface area contributed by atoms with Crippen molar-refractivity contribution in [1.82, 2.24) is 5.32 Å². The van der Waals surface area contributed by atoms with E-state index in [1.54, 1.807) is 0 Å². The van der Waals surface area contributed by atoms with Crippen LogP contribution in [0.5, 0.6) is 5.75 Å². The van der Waals surface area contributed by atoms with E-state index in [9.17, 15) is 26.9 Å². The Morgan fingerprint density at radius 1 is 1.06 bits per heavy atom. The van der Waals surface area contributed by atoms with Gasteiger partial charge in [-0.2, -0.15) is 18.4 Å². The van der Waals surface area contributed by atoms with Gasteiger partial charge in [-0.25, -0.2) is 9.18 Å². The Morgan fingerprint density at radius 2 is 1.71 bits per heavy atom. The molecule has 1 fully saturated rings. The molecule has 0 unspecified atom stereocenters. The van der Waals surface area contributed by atoms with E-state index in [1.807, 2.05) is 6.07 Å². The third-order valence-electron chi connectivity index (χ3n) is 4.50. The largest absolute Gasteiger partial charge is 0.416 e. The molecule has 2 amide bonds. The second kappa shape index (κ2) is 11.2. The molecule has 5 nitrogen and oxygen atoms in total. The number of carbonyl (C=O) groups excluding carboxylic acids is 1. The predicted octanol–water partition coefficient (Wildman–Crippen LogP) is 6.12. The van der Waals surface area contributed by atoms with Gasteiger partial charge in [0.05, 0.1) is 17.2 Å². The maximum Gasteiger partial charge on any atom is 0.416 e. The van der Waals surface area contributed by atoms with E-state index < -0.39 is 17.6 Å². The minimum Gasteiger partial charge on any atom is -0.335 e. The maximum atomic E-state index is 13.2. The Kier molecular flexibility index (Phi) is 8.61. The fraction of sp³-hybridized carbons (Fsp3) is 0.333. The zero-order valence-corrected chi connectivity index (χ0v) is 16.3. The number of nitrogens with one attached hydrogen (secondary N) is 2. The predicted molar refractivity (Wildman–Crippen MR) is 103 cm³/mol. The monoisotopic (exact) mass is 441 g/mol. The van der Waals surface area contributed by atoms with Crippen molar-refractivity contribution in [1.29, 1.82) is 5.26 Å². The molecular formula is C21H20F5N3O2. The topological polar surface area (TPSA) is 74.1 Å². The molecule has 31 heavy (non-hydrogen) atoms. The number of rotatable bonds is 3. The van der Waals surface area contributed by atoms with Crippen LogP contribution < -0.4 is 15.6 Å². The quantitative estimate of drug-likeness (QED) is 0.564. The summed E-state index contributed by atoms with van der Waals surface area (Å²) in [5.41, 5.74) is -0.346. The minimum absolute atomic E-state index is 0.188. The molecule has 10 heteroatoms. The van der Waals surface area contributed by atoms with Crippen molar-refractivity contribution in [3.05, 3.63) is 59.4 Å². The van der Waals surface area contributed by atoms with Crippen molar-refractivity contribution in [2.45, 2.75) is 44.3 Å². The highest BCUT2D eigenvalue weighted by Crippen LogP contribution is 2.30. The number of hydrogen-bond donors (Lipinski definition) is 2. The molecular weight excluding hydrogens is 421 g/mol. The molecule has 2 aromatic rings. The number of hydrogen-bond acceptors (Lipinski definition) is 3. The molecule has 166 valence electrons. The molecule has 0 aliphatic heterocycles. The number of benzene rings is 2. The summed E-state index contributed by atoms with van der Waals surface area (Å²) < 4.78 is 60.2. The molecule has 1 saturated carbocycles. The summed E-state index contributed by atoms with van der Waals surface area (Å²) in [4.78, 5) is 15.0. The van der Waals surface area contributed by atoms with Gasteiger partial charge in [0.25, 0.3) is 0 Å². The van der Waals surface area contributed by atoms with E-state index in [-0.39, 0.29) is 23.4 Å². The van der Waals surface area contributed by atoms with Gasteiger partial charge in [0.2, 0.25) is 0 Å². The molecule has 1 aliphatic rings. The standard InChI is InChI=1S/C14H16FN3O.C7H4F4O/c15-11-6-10(9-16)7-13(8-11)18-14(19)17-12-4-2-1-3-5-12;8-7(9,10)5-1-3-6(12-11)4-2-5/h6-8,12H,1-5H2,(H2,17,18,19);1-4H. The molecule has 1 aliphatic carbocycles. The number of anilines is 1. The van der Waals surface area contributed by atoms with Crippen molar-refractivity contribution in [2.24, 2.45) is 0 Å². The first-order valence-electron chi connectivity index (χ1n) is 9.45. The summed E-state index contributed by atoms with van der Waals surface area (Å²) in [6.07, 6.45) is 1.05. The van der Waals surface area contributed by atoms with E-state index >= 15 is 0 Å². The highest BCUT2D eigenvalue weighted by atomic mass is 19.4. The lowest BCUT2D eigenvalue weighted by atomic mass is 9.96. The fourth-order valence-corrected chi connectivity index (χ4v) is 3.02. The van der Waals surface area contributed by atoms with Gasteiger partial charge in [-0.05, 0) is 55.3 Å². The lowest BCUT2D eigenvalue weighted by molar-refractivity contribution is -0.137. The first kappa shape index (κ1) is 23.9. The van der Waals surface area contributed by atoms with E-state index in [1.165, 1.54) is 18.6 Å². The van der Waals surface area contributed by atoms with Crippen LogP contribution in [-0.2, 0) is 6.18 Å². The van der Waals surface area contributed by atoms with Crippen LogP contribution in [0.4, 0.5) is 32.6 Å². The van der Waals surface area contributed by atoms with Gasteiger partial charge < -0.3 is 10.6 Å². The molecule has 3 rings (SSSR count). The fourth-order valence-electron chi connectivity index (χ4n) is 3.02. The molecule has 2 aromatic carbocycles. The first-order chi connectivity index (χ1) is 14.7. The SMILES string of the molecule is FOc1ccc(C(F)(F)F)cc1.N#Cc1cc(F)cc(NC(=O)NC2CCCCC2)c1. The van der Waals surface area contributed by atoms with Crippen LogP contribution >= 0.6 is 0 Å². The van der Waals surface area contributed by atoms with Gasteiger partial charge in [-0.15, -0.1) is 0 Å². The number of nitrogens with zero attached hydrogens (tertiary/aromatic N) is 1. The number of nitriles is 1. The third kappa shape index (κ3) is 8.12. The average molecular weight is 441 g/mol. The van der Waals surface area contributed by atoms with Crippen molar-refractivity contribution >= 4 is 11.7 Å². The summed E-state index contributed by atoms with van der Waals surface area (Å²) in [7, 11) is 0. The van der Waals surface area contributed by atoms with Crippen molar-refractivity contribution in [2.75, 3.05) is 5.32 Å². The van der Waals surface area contributed by atoms with Crippen LogP contribution in [-0.4, -0.2) is 12.1 Å². The summed E-state index contributed by atoms with van der Waals surface area (Å²) >= 11 is 0. The van der Waals surface area contributed by atoms with Gasteiger partial charge in [-0.1, -0.05) is 19.3 Å². The minimum atomic E-state index is -4.39. The van der Waals surface area contributed by atoms with E-state index in [0.717, 1.165) is 56.0 Å². The van der Waals surface area contributed by atoms with Crippen LogP contribution in [0.3, 0.4) is 0 Å². The van der Waals surface area contributed by atoms with Crippen molar-refractivity contribution in [3.63, 3.8) is 0 Å². The first-order valence-corrected chi connectivity index (χ1v) is 9.45. The van der Waals surface area contributed by atoms with Gasteiger partial charge in [0.1, 0.15) is 5.82 Å². The van der Waals surface area contributed by atoms with Crippen LogP contribution in [0.2, 0.25) is 0 Å². The van der Waals surface area contributed by atoms with E-state index in [4.69, 9.17) is 5.26 Å². The van der Waals surface area contributed by atoms with Gasteiger partial charge in [0.15, 0.2) is 5.75 Å².